The molecule has 1 unspecified atom stereocenters. The first-order valence-corrected chi connectivity index (χ1v) is 5.91. The molecular weight excluding hydrogens is 214 g/mol. The summed E-state index contributed by atoms with van der Waals surface area (Å²) in [6.07, 6.45) is 0. The topological polar surface area (TPSA) is 40.5 Å². The standard InChI is InChI=1S/C14H21NO2/c1-10(2)13(14(16)17)15(4)9-12-8-6-5-7-11(12)3/h5-8,10,13H,9H2,1-4H3,(H,16,17). The minimum Gasteiger partial charge on any atom is -0.480 e. The van der Waals surface area contributed by atoms with Crippen molar-refractivity contribution in [3.8, 4) is 0 Å². The van der Waals surface area contributed by atoms with E-state index in [2.05, 4.69) is 0 Å². The first-order chi connectivity index (χ1) is 7.93. The van der Waals surface area contributed by atoms with E-state index >= 15 is 0 Å². The van der Waals surface area contributed by atoms with Gasteiger partial charge in [-0.1, -0.05) is 38.1 Å². The molecule has 0 aliphatic carbocycles. The first-order valence-electron chi connectivity index (χ1n) is 5.91. The Morgan fingerprint density at radius 2 is 1.94 bits per heavy atom. The van der Waals surface area contributed by atoms with Gasteiger partial charge in [-0.3, -0.25) is 9.69 Å². The molecule has 94 valence electrons. The Balaban J connectivity index is 2.81. The van der Waals surface area contributed by atoms with Crippen LogP contribution in [0.2, 0.25) is 0 Å². The van der Waals surface area contributed by atoms with Crippen molar-refractivity contribution in [1.82, 2.24) is 4.90 Å². The normalized spacial score (nSPS) is 13.1. The number of nitrogens with zero attached hydrogens (tertiary/aromatic N) is 1. The zero-order valence-electron chi connectivity index (χ0n) is 11.0. The van der Waals surface area contributed by atoms with E-state index in [0.29, 0.717) is 6.54 Å². The van der Waals surface area contributed by atoms with E-state index < -0.39 is 12.0 Å². The third-order valence-corrected chi connectivity index (χ3v) is 3.04. The SMILES string of the molecule is Cc1ccccc1CN(C)C(C(=O)O)C(C)C. The molecule has 1 rings (SSSR count). The van der Waals surface area contributed by atoms with Crippen molar-refractivity contribution in [2.24, 2.45) is 5.92 Å². The summed E-state index contributed by atoms with van der Waals surface area (Å²) in [5.41, 5.74) is 2.38. The van der Waals surface area contributed by atoms with E-state index in [4.69, 9.17) is 0 Å². The van der Waals surface area contributed by atoms with Crippen LogP contribution in [-0.2, 0) is 11.3 Å². The van der Waals surface area contributed by atoms with Crippen LogP contribution < -0.4 is 0 Å². The average Bonchev–Trinajstić information content (AvgIpc) is 2.20. The summed E-state index contributed by atoms with van der Waals surface area (Å²) >= 11 is 0. The highest BCUT2D eigenvalue weighted by Crippen LogP contribution is 2.15. The molecule has 0 bridgehead atoms. The van der Waals surface area contributed by atoms with Crippen LogP contribution in [0, 0.1) is 12.8 Å². The predicted octanol–water partition coefficient (Wildman–Crippen LogP) is 2.54. The van der Waals surface area contributed by atoms with E-state index in [0.717, 1.165) is 0 Å². The fourth-order valence-electron chi connectivity index (χ4n) is 2.14. The highest BCUT2D eigenvalue weighted by molar-refractivity contribution is 5.73. The fraction of sp³-hybridized carbons (Fsp3) is 0.500. The van der Waals surface area contributed by atoms with E-state index in [1.54, 1.807) is 0 Å². The monoisotopic (exact) mass is 235 g/mol. The summed E-state index contributed by atoms with van der Waals surface area (Å²) in [5.74, 6) is -0.655. The molecule has 1 aromatic carbocycles. The van der Waals surface area contributed by atoms with Crippen LogP contribution in [0.4, 0.5) is 0 Å². The van der Waals surface area contributed by atoms with Crippen LogP contribution in [-0.4, -0.2) is 29.1 Å². The maximum atomic E-state index is 11.2. The third kappa shape index (κ3) is 3.56. The Morgan fingerprint density at radius 1 is 1.35 bits per heavy atom. The third-order valence-electron chi connectivity index (χ3n) is 3.04. The number of aliphatic carboxylic acids is 1. The molecule has 0 aliphatic heterocycles. The summed E-state index contributed by atoms with van der Waals surface area (Å²) in [6.45, 7) is 6.59. The minimum atomic E-state index is -0.754. The lowest BCUT2D eigenvalue weighted by molar-refractivity contribution is -0.144. The van der Waals surface area contributed by atoms with Gasteiger partial charge < -0.3 is 5.11 Å². The molecule has 0 radical (unpaired) electrons. The Kier molecular flexibility index (Phi) is 4.70. The number of carboxylic acid groups (broad SMARTS) is 1. The Bertz CT molecular complexity index is 388. The molecule has 1 atom stereocenters. The van der Waals surface area contributed by atoms with Crippen molar-refractivity contribution >= 4 is 5.97 Å². The number of carboxylic acids is 1. The number of likely N-dealkylation sites (N-methyl/N-ethyl adjacent to an activating group) is 1. The van der Waals surface area contributed by atoms with E-state index in [1.807, 2.05) is 57.0 Å². The van der Waals surface area contributed by atoms with Crippen LogP contribution in [0.15, 0.2) is 24.3 Å². The summed E-state index contributed by atoms with van der Waals surface area (Å²) < 4.78 is 0. The number of hydrogen-bond acceptors (Lipinski definition) is 2. The smallest absolute Gasteiger partial charge is 0.321 e. The van der Waals surface area contributed by atoms with Gasteiger partial charge in [-0.2, -0.15) is 0 Å². The zero-order chi connectivity index (χ0) is 13.0. The van der Waals surface area contributed by atoms with Gasteiger partial charge in [0.25, 0.3) is 0 Å². The highest BCUT2D eigenvalue weighted by atomic mass is 16.4. The molecule has 0 aromatic heterocycles. The second-order valence-corrected chi connectivity index (χ2v) is 4.87. The van der Waals surface area contributed by atoms with Crippen molar-refractivity contribution in [1.29, 1.82) is 0 Å². The molecule has 3 heteroatoms. The van der Waals surface area contributed by atoms with Gasteiger partial charge in [-0.25, -0.2) is 0 Å². The van der Waals surface area contributed by atoms with Gasteiger partial charge in [0, 0.05) is 6.54 Å². The van der Waals surface area contributed by atoms with Crippen molar-refractivity contribution in [3.05, 3.63) is 35.4 Å². The van der Waals surface area contributed by atoms with Gasteiger partial charge >= 0.3 is 5.97 Å². The lowest BCUT2D eigenvalue weighted by atomic mass is 10.0. The maximum absolute atomic E-state index is 11.2. The van der Waals surface area contributed by atoms with Crippen LogP contribution in [0.5, 0.6) is 0 Å². The molecule has 0 saturated heterocycles. The fourth-order valence-corrected chi connectivity index (χ4v) is 2.14. The van der Waals surface area contributed by atoms with Gasteiger partial charge in [-0.15, -0.1) is 0 Å². The number of hydrogen-bond donors (Lipinski definition) is 1. The molecule has 1 N–H and O–H groups in total. The average molecular weight is 235 g/mol. The van der Waals surface area contributed by atoms with Gasteiger partial charge in [0.15, 0.2) is 0 Å². The molecule has 0 heterocycles. The van der Waals surface area contributed by atoms with Crippen LogP contribution in [0.1, 0.15) is 25.0 Å². The Hall–Kier alpha value is -1.35. The molecule has 17 heavy (non-hydrogen) atoms. The van der Waals surface area contributed by atoms with Crippen molar-refractivity contribution in [2.45, 2.75) is 33.4 Å². The van der Waals surface area contributed by atoms with Crippen molar-refractivity contribution < 1.29 is 9.90 Å². The minimum absolute atomic E-state index is 0.0986. The van der Waals surface area contributed by atoms with E-state index in [9.17, 15) is 9.90 Å². The Labute approximate surface area is 103 Å². The van der Waals surface area contributed by atoms with Crippen LogP contribution in [0.25, 0.3) is 0 Å². The van der Waals surface area contributed by atoms with Gasteiger partial charge in [0.05, 0.1) is 0 Å². The van der Waals surface area contributed by atoms with Gasteiger partial charge in [0.2, 0.25) is 0 Å². The highest BCUT2D eigenvalue weighted by Gasteiger charge is 2.26. The largest absolute Gasteiger partial charge is 0.480 e. The van der Waals surface area contributed by atoms with E-state index in [-0.39, 0.29) is 5.92 Å². The predicted molar refractivity (Wildman–Crippen MR) is 68.9 cm³/mol. The molecule has 0 amide bonds. The molecule has 1 aromatic rings. The Morgan fingerprint density at radius 3 is 2.41 bits per heavy atom. The summed E-state index contributed by atoms with van der Waals surface area (Å²) in [4.78, 5) is 13.1. The summed E-state index contributed by atoms with van der Waals surface area (Å²) in [6, 6.07) is 7.64. The molecule has 0 spiro atoms. The van der Waals surface area contributed by atoms with E-state index in [1.165, 1.54) is 11.1 Å². The number of carbonyl (C=O) groups is 1. The molecule has 0 aliphatic rings. The van der Waals surface area contributed by atoms with Crippen LogP contribution >= 0.6 is 0 Å². The molecule has 0 saturated carbocycles. The first kappa shape index (κ1) is 13.7. The maximum Gasteiger partial charge on any atom is 0.321 e. The number of benzene rings is 1. The second kappa shape index (κ2) is 5.82. The lowest BCUT2D eigenvalue weighted by Gasteiger charge is -2.28. The molecular formula is C14H21NO2. The van der Waals surface area contributed by atoms with Crippen molar-refractivity contribution in [3.63, 3.8) is 0 Å². The molecule has 3 nitrogen and oxygen atoms in total. The quantitative estimate of drug-likeness (QED) is 0.852. The number of aryl methyl sites for hydroxylation is 1. The van der Waals surface area contributed by atoms with Crippen LogP contribution in [0.3, 0.4) is 0 Å². The summed E-state index contributed by atoms with van der Waals surface area (Å²) in [7, 11) is 1.87. The molecule has 0 fully saturated rings. The van der Waals surface area contributed by atoms with Gasteiger partial charge in [-0.05, 0) is 31.0 Å². The zero-order valence-corrected chi connectivity index (χ0v) is 11.0. The van der Waals surface area contributed by atoms with Crippen molar-refractivity contribution in [2.75, 3.05) is 7.05 Å². The van der Waals surface area contributed by atoms with Gasteiger partial charge in [0.1, 0.15) is 6.04 Å². The summed E-state index contributed by atoms with van der Waals surface area (Å²) in [5, 5.41) is 9.22. The lowest BCUT2D eigenvalue weighted by Crippen LogP contribution is -2.41. The number of rotatable bonds is 5. The second-order valence-electron chi connectivity index (χ2n) is 4.87.